The van der Waals surface area contributed by atoms with Crippen LogP contribution in [0.3, 0.4) is 0 Å². The molecule has 1 saturated heterocycles. The lowest BCUT2D eigenvalue weighted by Gasteiger charge is -2.33. The lowest BCUT2D eigenvalue weighted by atomic mass is 9.95. The van der Waals surface area contributed by atoms with Crippen LogP contribution in [0.25, 0.3) is 22.4 Å². The van der Waals surface area contributed by atoms with Gasteiger partial charge < -0.3 is 15.2 Å². The summed E-state index contributed by atoms with van der Waals surface area (Å²) in [6.45, 7) is 4.54. The van der Waals surface area contributed by atoms with E-state index in [2.05, 4.69) is 38.2 Å². The second-order valence-electron chi connectivity index (χ2n) is 7.19. The van der Waals surface area contributed by atoms with Crippen LogP contribution in [0.1, 0.15) is 26.2 Å². The van der Waals surface area contributed by atoms with Crippen molar-refractivity contribution >= 4 is 34.2 Å². The molecule has 0 atom stereocenters. The molecule has 0 unspecified atom stereocenters. The van der Waals surface area contributed by atoms with E-state index in [1.165, 1.54) is 0 Å². The summed E-state index contributed by atoms with van der Waals surface area (Å²) in [5.41, 5.74) is 3.73. The number of aromatic nitrogens is 3. The van der Waals surface area contributed by atoms with Gasteiger partial charge in [-0.15, -0.1) is 0 Å². The van der Waals surface area contributed by atoms with Gasteiger partial charge in [0.15, 0.2) is 0 Å². The minimum atomic E-state index is 0.109. The van der Waals surface area contributed by atoms with Crippen LogP contribution in [0.15, 0.2) is 36.7 Å². The number of H-pyrrole nitrogens is 1. The Hall–Kier alpha value is -2.60. The minimum Gasteiger partial charge on any atom is -0.371 e. The van der Waals surface area contributed by atoms with Crippen molar-refractivity contribution in [2.24, 2.45) is 5.92 Å². The van der Waals surface area contributed by atoms with Crippen LogP contribution in [0.4, 0.5) is 5.69 Å². The Morgan fingerprint density at radius 3 is 2.89 bits per heavy atom. The van der Waals surface area contributed by atoms with E-state index >= 15 is 0 Å². The predicted molar refractivity (Wildman–Crippen MR) is 113 cm³/mol. The summed E-state index contributed by atoms with van der Waals surface area (Å²) < 4.78 is 0. The van der Waals surface area contributed by atoms with E-state index in [0.29, 0.717) is 5.02 Å². The van der Waals surface area contributed by atoms with Gasteiger partial charge in [-0.3, -0.25) is 9.78 Å². The second-order valence-corrected chi connectivity index (χ2v) is 7.60. The van der Waals surface area contributed by atoms with Crippen LogP contribution in [0, 0.1) is 5.92 Å². The van der Waals surface area contributed by atoms with E-state index in [9.17, 15) is 4.79 Å². The second kappa shape index (κ2) is 8.19. The van der Waals surface area contributed by atoms with Gasteiger partial charge in [-0.1, -0.05) is 18.5 Å². The number of piperidine rings is 1. The normalized spacial score (nSPS) is 15.1. The highest BCUT2D eigenvalue weighted by molar-refractivity contribution is 6.33. The van der Waals surface area contributed by atoms with Crippen molar-refractivity contribution in [2.75, 3.05) is 24.5 Å². The summed E-state index contributed by atoms with van der Waals surface area (Å²) in [4.78, 5) is 26.6. The van der Waals surface area contributed by atoms with Gasteiger partial charge >= 0.3 is 0 Å². The zero-order chi connectivity index (χ0) is 19.5. The maximum absolute atomic E-state index is 12.2. The van der Waals surface area contributed by atoms with E-state index in [0.717, 1.165) is 67.0 Å². The fourth-order valence-corrected chi connectivity index (χ4v) is 3.88. The highest BCUT2D eigenvalue weighted by Gasteiger charge is 2.25. The maximum Gasteiger partial charge on any atom is 0.223 e. The number of halogens is 1. The number of carbonyl (C=O) groups excluding carboxylic acids is 1. The summed E-state index contributed by atoms with van der Waals surface area (Å²) in [5.74, 6) is 1.04. The minimum absolute atomic E-state index is 0.109. The largest absolute Gasteiger partial charge is 0.371 e. The number of anilines is 1. The van der Waals surface area contributed by atoms with Crippen LogP contribution in [0.2, 0.25) is 5.02 Å². The van der Waals surface area contributed by atoms with Gasteiger partial charge in [0.1, 0.15) is 5.82 Å². The van der Waals surface area contributed by atoms with Crippen LogP contribution in [0.5, 0.6) is 0 Å². The lowest BCUT2D eigenvalue weighted by Crippen LogP contribution is -2.40. The van der Waals surface area contributed by atoms with Gasteiger partial charge in [0.2, 0.25) is 5.91 Å². The average molecular weight is 398 g/mol. The molecule has 0 bridgehead atoms. The van der Waals surface area contributed by atoms with E-state index in [4.69, 9.17) is 11.6 Å². The van der Waals surface area contributed by atoms with Gasteiger partial charge in [-0.2, -0.15) is 0 Å². The highest BCUT2D eigenvalue weighted by Crippen LogP contribution is 2.33. The molecule has 0 radical (unpaired) electrons. The Labute approximate surface area is 169 Å². The number of pyridine rings is 1. The van der Waals surface area contributed by atoms with Crippen molar-refractivity contribution < 1.29 is 4.79 Å². The van der Waals surface area contributed by atoms with Crippen LogP contribution < -0.4 is 10.2 Å². The fraction of sp³-hybridized carbons (Fsp3) is 0.381. The number of carbonyl (C=O) groups is 1. The zero-order valence-electron chi connectivity index (χ0n) is 15.9. The summed E-state index contributed by atoms with van der Waals surface area (Å²) in [6.07, 6.45) is 6.19. The van der Waals surface area contributed by atoms with E-state index in [1.807, 2.05) is 18.2 Å². The summed E-state index contributed by atoms with van der Waals surface area (Å²) >= 11 is 6.46. The highest BCUT2D eigenvalue weighted by atomic mass is 35.5. The molecular weight excluding hydrogens is 374 g/mol. The molecule has 0 saturated carbocycles. The molecule has 4 rings (SSSR count). The Bertz CT molecular complexity index is 945. The number of fused-ring (bicyclic) bond motifs is 1. The van der Waals surface area contributed by atoms with E-state index < -0.39 is 0 Å². The SMILES string of the molecule is CCCNC(=O)C1CCN(c2ccc(Cl)c(-c3nc4ccncc4[nH]3)c2)CC1. The fourth-order valence-electron chi connectivity index (χ4n) is 3.67. The molecule has 1 fully saturated rings. The molecule has 1 aliphatic heterocycles. The first-order valence-electron chi connectivity index (χ1n) is 9.78. The third kappa shape index (κ3) is 3.83. The molecule has 3 heterocycles. The first-order valence-corrected chi connectivity index (χ1v) is 10.2. The number of rotatable bonds is 5. The Morgan fingerprint density at radius 2 is 2.14 bits per heavy atom. The van der Waals surface area contributed by atoms with Gasteiger partial charge in [0, 0.05) is 43.0 Å². The van der Waals surface area contributed by atoms with E-state index in [1.54, 1.807) is 12.4 Å². The number of nitrogens with one attached hydrogen (secondary N) is 2. The lowest BCUT2D eigenvalue weighted by molar-refractivity contribution is -0.125. The Morgan fingerprint density at radius 1 is 1.32 bits per heavy atom. The van der Waals surface area contributed by atoms with Crippen molar-refractivity contribution in [3.63, 3.8) is 0 Å². The summed E-state index contributed by atoms with van der Waals surface area (Å²) in [6, 6.07) is 7.90. The topological polar surface area (TPSA) is 73.9 Å². The molecule has 3 aromatic rings. The Kier molecular flexibility index (Phi) is 5.48. The average Bonchev–Trinajstić information content (AvgIpc) is 3.16. The molecule has 0 spiro atoms. The van der Waals surface area contributed by atoms with Crippen molar-refractivity contribution in [3.05, 3.63) is 41.7 Å². The molecule has 2 aromatic heterocycles. The van der Waals surface area contributed by atoms with Gasteiger partial charge in [0.05, 0.1) is 22.3 Å². The Balaban J connectivity index is 1.51. The molecule has 6 nitrogen and oxygen atoms in total. The molecule has 28 heavy (non-hydrogen) atoms. The smallest absolute Gasteiger partial charge is 0.223 e. The van der Waals surface area contributed by atoms with E-state index in [-0.39, 0.29) is 11.8 Å². The molecule has 146 valence electrons. The van der Waals surface area contributed by atoms with Crippen molar-refractivity contribution in [1.29, 1.82) is 0 Å². The number of benzene rings is 1. The number of imidazole rings is 1. The number of amides is 1. The first kappa shape index (κ1) is 18.7. The number of hydrogen-bond donors (Lipinski definition) is 2. The van der Waals surface area contributed by atoms with Crippen molar-refractivity contribution in [3.8, 4) is 11.4 Å². The maximum atomic E-state index is 12.2. The van der Waals surface area contributed by atoms with Crippen molar-refractivity contribution in [1.82, 2.24) is 20.3 Å². The molecule has 1 aliphatic rings. The monoisotopic (exact) mass is 397 g/mol. The molecule has 1 aromatic carbocycles. The number of hydrogen-bond acceptors (Lipinski definition) is 4. The summed E-state index contributed by atoms with van der Waals surface area (Å²) in [7, 11) is 0. The third-order valence-corrected chi connectivity index (χ3v) is 5.60. The molecule has 0 aliphatic carbocycles. The zero-order valence-corrected chi connectivity index (χ0v) is 16.7. The van der Waals surface area contributed by atoms with Crippen LogP contribution in [-0.2, 0) is 4.79 Å². The van der Waals surface area contributed by atoms with Gasteiger partial charge in [-0.05, 0) is 43.5 Å². The standard InChI is InChI=1S/C21H24ClN5O/c1-2-8-24-21(28)14-6-10-27(11-7-14)15-3-4-17(22)16(12-15)20-25-18-5-9-23-13-19(18)26-20/h3-5,9,12-14H,2,6-8,10-11H2,1H3,(H,24,28)(H,25,26). The summed E-state index contributed by atoms with van der Waals surface area (Å²) in [5, 5.41) is 3.67. The molecular formula is C21H24ClN5O. The van der Waals surface area contributed by atoms with Crippen LogP contribution in [-0.4, -0.2) is 40.5 Å². The van der Waals surface area contributed by atoms with Gasteiger partial charge in [-0.25, -0.2) is 4.98 Å². The molecule has 1 amide bonds. The quantitative estimate of drug-likeness (QED) is 0.681. The van der Waals surface area contributed by atoms with Crippen LogP contribution >= 0.6 is 11.6 Å². The predicted octanol–water partition coefficient (Wildman–Crippen LogP) is 4.02. The third-order valence-electron chi connectivity index (χ3n) is 5.27. The molecule has 7 heteroatoms. The number of nitrogens with zero attached hydrogens (tertiary/aromatic N) is 3. The first-order chi connectivity index (χ1) is 13.7. The van der Waals surface area contributed by atoms with Crippen molar-refractivity contribution in [2.45, 2.75) is 26.2 Å². The van der Waals surface area contributed by atoms with Gasteiger partial charge in [0.25, 0.3) is 0 Å². The number of aromatic amines is 1. The molecule has 2 N–H and O–H groups in total.